The van der Waals surface area contributed by atoms with Crippen LogP contribution in [-0.4, -0.2) is 22.1 Å². The van der Waals surface area contributed by atoms with Crippen molar-refractivity contribution in [1.29, 1.82) is 0 Å². The highest BCUT2D eigenvalue weighted by Crippen LogP contribution is 2.39. The zero-order chi connectivity index (χ0) is 22.3. The molecule has 8 heteroatoms. The van der Waals surface area contributed by atoms with Gasteiger partial charge in [0.15, 0.2) is 11.6 Å². The summed E-state index contributed by atoms with van der Waals surface area (Å²) in [6.45, 7) is 1.40. The van der Waals surface area contributed by atoms with Crippen molar-refractivity contribution < 1.29 is 28.6 Å². The summed E-state index contributed by atoms with van der Waals surface area (Å²) in [5.41, 5.74) is -0.601. The second-order valence-electron chi connectivity index (χ2n) is 6.85. The van der Waals surface area contributed by atoms with Crippen LogP contribution in [0.15, 0.2) is 53.9 Å². The zero-order valence-electron chi connectivity index (χ0n) is 16.1. The van der Waals surface area contributed by atoms with Crippen molar-refractivity contribution in [2.24, 2.45) is 0 Å². The number of rotatable bonds is 4. The largest absolute Gasteiger partial charge is 0.506 e. The molecule has 5 nitrogen and oxygen atoms in total. The lowest BCUT2D eigenvalue weighted by molar-refractivity contribution is 0.0699. The molecule has 3 N–H and O–H groups in total. The number of halogens is 2. The van der Waals surface area contributed by atoms with Crippen LogP contribution in [0.1, 0.15) is 26.3 Å². The van der Waals surface area contributed by atoms with Gasteiger partial charge in [0.05, 0.1) is 16.1 Å². The van der Waals surface area contributed by atoms with Crippen LogP contribution in [0.4, 0.5) is 14.5 Å². The number of amides is 1. The maximum Gasteiger partial charge on any atom is 0.339 e. The Morgan fingerprint density at radius 2 is 1.74 bits per heavy atom. The second kappa shape index (κ2) is 7.81. The van der Waals surface area contributed by atoms with E-state index in [4.69, 9.17) is 0 Å². The number of aromatic hydroxyl groups is 1. The van der Waals surface area contributed by atoms with Gasteiger partial charge in [0.2, 0.25) is 0 Å². The molecule has 0 radical (unpaired) electrons. The number of fused-ring (bicyclic) bond motifs is 1. The summed E-state index contributed by atoms with van der Waals surface area (Å²) in [6.07, 6.45) is 0. The summed E-state index contributed by atoms with van der Waals surface area (Å²) >= 11 is 0.866. The number of carboxylic acid groups (broad SMARTS) is 1. The number of carbonyl (C=O) groups excluding carboxylic acids is 1. The number of carboxylic acids is 1. The van der Waals surface area contributed by atoms with Crippen LogP contribution in [0, 0.1) is 18.6 Å². The number of carbonyl (C=O) groups is 2. The summed E-state index contributed by atoms with van der Waals surface area (Å²) in [5.74, 6) is -4.60. The lowest BCUT2D eigenvalue weighted by atomic mass is 10.0. The number of benzene rings is 3. The Labute approximate surface area is 179 Å². The fourth-order valence-corrected chi connectivity index (χ4v) is 4.32. The lowest BCUT2D eigenvalue weighted by Crippen LogP contribution is -2.14. The first-order chi connectivity index (χ1) is 14.8. The van der Waals surface area contributed by atoms with Gasteiger partial charge in [-0.25, -0.2) is 13.6 Å². The van der Waals surface area contributed by atoms with Crippen molar-refractivity contribution in [2.45, 2.75) is 6.92 Å². The quantitative estimate of drug-likeness (QED) is 0.374. The Morgan fingerprint density at radius 3 is 2.48 bits per heavy atom. The van der Waals surface area contributed by atoms with Crippen molar-refractivity contribution in [3.63, 3.8) is 0 Å². The number of nitrogens with one attached hydrogen (secondary N) is 1. The summed E-state index contributed by atoms with van der Waals surface area (Å²) in [6, 6.07) is 12.7. The normalized spacial score (nSPS) is 10.9. The molecule has 4 aromatic rings. The Bertz CT molecular complexity index is 1360. The van der Waals surface area contributed by atoms with E-state index in [1.807, 2.05) is 0 Å². The van der Waals surface area contributed by atoms with E-state index in [9.17, 15) is 28.6 Å². The number of aryl methyl sites for hydroxylation is 1. The van der Waals surface area contributed by atoms with Crippen LogP contribution >= 0.6 is 11.3 Å². The molecule has 1 aromatic heterocycles. The van der Waals surface area contributed by atoms with E-state index in [-0.39, 0.29) is 38.6 Å². The molecule has 1 heterocycles. The van der Waals surface area contributed by atoms with Crippen molar-refractivity contribution in [3.8, 4) is 16.2 Å². The predicted octanol–water partition coefficient (Wildman–Crippen LogP) is 5.81. The SMILES string of the molecule is Cc1ccc(-c2scc(NC(=O)c3ccc4ccccc4c3O)c2C(=O)O)c(F)c1F. The van der Waals surface area contributed by atoms with E-state index in [1.165, 1.54) is 30.5 Å². The topological polar surface area (TPSA) is 86.6 Å². The Balaban J connectivity index is 1.75. The standard InChI is InChI=1S/C23H15F2NO4S/c1-11-6-8-14(19(25)18(11)24)21-17(23(29)30)16(10-31-21)26-22(28)15-9-7-12-4-2-3-5-13(12)20(15)27/h2-10,27H,1H3,(H,26,28)(H,29,30). The third-order valence-corrected chi connectivity index (χ3v) is 5.93. The summed E-state index contributed by atoms with van der Waals surface area (Å²) < 4.78 is 28.5. The van der Waals surface area contributed by atoms with Crippen LogP contribution < -0.4 is 5.32 Å². The number of phenols is 1. The molecule has 4 rings (SSSR count). The number of phenolic OH excluding ortho intramolecular Hbond substituents is 1. The first-order valence-corrected chi connectivity index (χ1v) is 9.99. The van der Waals surface area contributed by atoms with Crippen LogP contribution in [0.5, 0.6) is 5.75 Å². The zero-order valence-corrected chi connectivity index (χ0v) is 16.9. The van der Waals surface area contributed by atoms with Crippen LogP contribution in [0.3, 0.4) is 0 Å². The fraction of sp³-hybridized carbons (Fsp3) is 0.0435. The molecule has 0 saturated heterocycles. The van der Waals surface area contributed by atoms with Gasteiger partial charge in [0.25, 0.3) is 5.91 Å². The van der Waals surface area contributed by atoms with Gasteiger partial charge in [-0.1, -0.05) is 42.5 Å². The third kappa shape index (κ3) is 3.51. The fourth-order valence-electron chi connectivity index (χ4n) is 3.31. The van der Waals surface area contributed by atoms with E-state index in [2.05, 4.69) is 5.32 Å². The van der Waals surface area contributed by atoms with Crippen LogP contribution in [-0.2, 0) is 0 Å². The highest BCUT2D eigenvalue weighted by molar-refractivity contribution is 7.14. The highest BCUT2D eigenvalue weighted by atomic mass is 32.1. The minimum absolute atomic E-state index is 0.0260. The van der Waals surface area contributed by atoms with E-state index < -0.39 is 23.5 Å². The lowest BCUT2D eigenvalue weighted by Gasteiger charge is -2.10. The Morgan fingerprint density at radius 1 is 1.00 bits per heavy atom. The van der Waals surface area contributed by atoms with Gasteiger partial charge in [0.1, 0.15) is 11.3 Å². The summed E-state index contributed by atoms with van der Waals surface area (Å²) in [7, 11) is 0. The summed E-state index contributed by atoms with van der Waals surface area (Å²) in [5, 5.41) is 25.2. The monoisotopic (exact) mass is 439 g/mol. The van der Waals surface area contributed by atoms with Gasteiger partial charge in [-0.15, -0.1) is 11.3 Å². The summed E-state index contributed by atoms with van der Waals surface area (Å²) in [4.78, 5) is 24.6. The third-order valence-electron chi connectivity index (χ3n) is 4.92. The van der Waals surface area contributed by atoms with Crippen LogP contribution in [0.2, 0.25) is 0 Å². The number of thiophene rings is 1. The molecule has 1 amide bonds. The average molecular weight is 439 g/mol. The van der Waals surface area contributed by atoms with E-state index in [0.717, 1.165) is 16.7 Å². The van der Waals surface area contributed by atoms with Crippen LogP contribution in [0.25, 0.3) is 21.2 Å². The van der Waals surface area contributed by atoms with E-state index in [0.29, 0.717) is 5.39 Å². The van der Waals surface area contributed by atoms with Crippen molar-refractivity contribution in [1.82, 2.24) is 0 Å². The van der Waals surface area contributed by atoms with Gasteiger partial charge in [0, 0.05) is 16.3 Å². The average Bonchev–Trinajstić information content (AvgIpc) is 3.16. The Kier molecular flexibility index (Phi) is 5.16. The molecule has 0 bridgehead atoms. The van der Waals surface area contributed by atoms with Crippen molar-refractivity contribution in [2.75, 3.05) is 5.32 Å². The minimum atomic E-state index is -1.41. The van der Waals surface area contributed by atoms with Gasteiger partial charge in [-0.05, 0) is 23.9 Å². The maximum atomic E-state index is 14.4. The molecule has 0 aliphatic rings. The number of hydrogen-bond acceptors (Lipinski definition) is 4. The molecular weight excluding hydrogens is 424 g/mol. The molecule has 0 spiro atoms. The minimum Gasteiger partial charge on any atom is -0.506 e. The molecule has 3 aromatic carbocycles. The molecule has 0 aliphatic heterocycles. The van der Waals surface area contributed by atoms with Gasteiger partial charge in [-0.2, -0.15) is 0 Å². The smallest absolute Gasteiger partial charge is 0.339 e. The van der Waals surface area contributed by atoms with Gasteiger partial charge >= 0.3 is 5.97 Å². The number of hydrogen-bond donors (Lipinski definition) is 3. The molecular formula is C23H15F2NO4S. The van der Waals surface area contributed by atoms with Crippen molar-refractivity contribution >= 4 is 39.7 Å². The first-order valence-electron chi connectivity index (χ1n) is 9.11. The predicted molar refractivity (Wildman–Crippen MR) is 115 cm³/mol. The highest BCUT2D eigenvalue weighted by Gasteiger charge is 2.25. The molecule has 0 saturated carbocycles. The number of anilines is 1. The van der Waals surface area contributed by atoms with E-state index in [1.54, 1.807) is 30.3 Å². The van der Waals surface area contributed by atoms with Gasteiger partial charge in [-0.3, -0.25) is 4.79 Å². The molecule has 0 aliphatic carbocycles. The Hall–Kier alpha value is -3.78. The van der Waals surface area contributed by atoms with E-state index >= 15 is 0 Å². The molecule has 156 valence electrons. The second-order valence-corrected chi connectivity index (χ2v) is 7.73. The molecule has 0 unspecified atom stereocenters. The molecule has 31 heavy (non-hydrogen) atoms. The molecule has 0 atom stereocenters. The number of aromatic carboxylic acids is 1. The first kappa shape index (κ1) is 20.5. The maximum absolute atomic E-state index is 14.4. The molecule has 0 fully saturated rings. The van der Waals surface area contributed by atoms with Gasteiger partial charge < -0.3 is 15.5 Å². The van der Waals surface area contributed by atoms with Crippen molar-refractivity contribution in [3.05, 3.63) is 82.2 Å².